The molecule has 0 aliphatic carbocycles. The molecule has 1 saturated heterocycles. The molecule has 26 heavy (non-hydrogen) atoms. The number of hydrogen-bond acceptors (Lipinski definition) is 5. The van der Waals surface area contributed by atoms with Crippen molar-refractivity contribution in [2.75, 3.05) is 13.2 Å². The second-order valence-electron chi connectivity index (χ2n) is 6.21. The Kier molecular flexibility index (Phi) is 5.29. The van der Waals surface area contributed by atoms with Crippen LogP contribution in [0.5, 0.6) is 0 Å². The molecule has 2 aromatic carbocycles. The van der Waals surface area contributed by atoms with Gasteiger partial charge in [-0.1, -0.05) is 42.5 Å². The number of carbonyl (C=O) groups is 1. The van der Waals surface area contributed by atoms with E-state index >= 15 is 0 Å². The molecule has 0 bridgehead atoms. The molecule has 0 aromatic heterocycles. The van der Waals surface area contributed by atoms with Gasteiger partial charge < -0.3 is 14.7 Å². The molecule has 1 N–H and O–H groups in total. The summed E-state index contributed by atoms with van der Waals surface area (Å²) in [5.74, 6) is -0.327. The highest BCUT2D eigenvalue weighted by atomic mass is 16.6. The van der Waals surface area contributed by atoms with Crippen molar-refractivity contribution in [3.8, 4) is 0 Å². The smallest absolute Gasteiger partial charge is 0.269 e. The maximum atomic E-state index is 12.9. The number of amides is 1. The number of nitrogens with zero attached hydrogens (tertiary/aromatic N) is 2. The van der Waals surface area contributed by atoms with Crippen LogP contribution in [-0.4, -0.2) is 40.1 Å². The quantitative estimate of drug-likeness (QED) is 0.657. The van der Waals surface area contributed by atoms with Crippen LogP contribution in [0, 0.1) is 10.1 Å². The number of nitro groups is 1. The minimum Gasteiger partial charge on any atom is -0.385 e. The SMILES string of the molecule is C[C@@H](c1ccccc1)N1CCO[C@@H]([C@@H](O)c2cccc([N+](=O)[O-])c2)C1=O. The standard InChI is InChI=1S/C19H20N2O5/c1-13(14-6-3-2-4-7-14)20-10-11-26-18(19(20)23)17(22)15-8-5-9-16(12-15)21(24)25/h2-9,12-13,17-18,22H,10-11H2,1H3/t13-,17-,18-/m0/s1. The molecular weight excluding hydrogens is 336 g/mol. The van der Waals surface area contributed by atoms with E-state index in [1.807, 2.05) is 37.3 Å². The van der Waals surface area contributed by atoms with Crippen molar-refractivity contribution >= 4 is 11.6 Å². The van der Waals surface area contributed by atoms with E-state index in [1.54, 1.807) is 11.0 Å². The molecule has 0 unspecified atom stereocenters. The number of non-ortho nitro benzene ring substituents is 1. The second kappa shape index (κ2) is 7.63. The van der Waals surface area contributed by atoms with Crippen molar-refractivity contribution in [3.63, 3.8) is 0 Å². The molecule has 1 aliphatic heterocycles. The van der Waals surface area contributed by atoms with Gasteiger partial charge in [0, 0.05) is 18.7 Å². The van der Waals surface area contributed by atoms with Gasteiger partial charge in [-0.15, -0.1) is 0 Å². The van der Waals surface area contributed by atoms with Crippen molar-refractivity contribution in [2.24, 2.45) is 0 Å². The predicted octanol–water partition coefficient (Wildman–Crippen LogP) is 2.62. The van der Waals surface area contributed by atoms with Crippen molar-refractivity contribution < 1.29 is 19.6 Å². The van der Waals surface area contributed by atoms with Crippen molar-refractivity contribution in [2.45, 2.75) is 25.2 Å². The van der Waals surface area contributed by atoms with Crippen LogP contribution in [-0.2, 0) is 9.53 Å². The lowest BCUT2D eigenvalue weighted by molar-refractivity contribution is -0.385. The Balaban J connectivity index is 1.81. The Morgan fingerprint density at radius 3 is 2.58 bits per heavy atom. The monoisotopic (exact) mass is 356 g/mol. The maximum Gasteiger partial charge on any atom is 0.269 e. The number of carbonyl (C=O) groups excluding carboxylic acids is 1. The van der Waals surface area contributed by atoms with Crippen molar-refractivity contribution in [1.82, 2.24) is 4.90 Å². The minimum absolute atomic E-state index is 0.140. The predicted molar refractivity (Wildman–Crippen MR) is 94.4 cm³/mol. The number of morpholine rings is 1. The largest absolute Gasteiger partial charge is 0.385 e. The van der Waals surface area contributed by atoms with Crippen LogP contribution in [0.15, 0.2) is 54.6 Å². The topological polar surface area (TPSA) is 92.9 Å². The fourth-order valence-corrected chi connectivity index (χ4v) is 3.14. The van der Waals surface area contributed by atoms with Crippen LogP contribution in [0.2, 0.25) is 0 Å². The number of ether oxygens (including phenoxy) is 1. The summed E-state index contributed by atoms with van der Waals surface area (Å²) < 4.78 is 5.51. The molecule has 7 nitrogen and oxygen atoms in total. The number of rotatable bonds is 5. The van der Waals surface area contributed by atoms with Crippen molar-refractivity contribution in [3.05, 3.63) is 75.8 Å². The minimum atomic E-state index is -1.27. The first-order valence-electron chi connectivity index (χ1n) is 8.38. The second-order valence-corrected chi connectivity index (χ2v) is 6.21. The lowest BCUT2D eigenvalue weighted by Crippen LogP contribution is -2.50. The third-order valence-corrected chi connectivity index (χ3v) is 4.61. The molecule has 0 saturated carbocycles. The van der Waals surface area contributed by atoms with Gasteiger partial charge in [0.05, 0.1) is 17.6 Å². The molecule has 3 rings (SSSR count). The van der Waals surface area contributed by atoms with Crippen LogP contribution in [0.1, 0.15) is 30.2 Å². The summed E-state index contributed by atoms with van der Waals surface area (Å²) in [6.07, 6.45) is -2.36. The Hall–Kier alpha value is -2.77. The fraction of sp³-hybridized carbons (Fsp3) is 0.316. The van der Waals surface area contributed by atoms with E-state index in [9.17, 15) is 20.0 Å². The van der Waals surface area contributed by atoms with E-state index < -0.39 is 17.1 Å². The Labute approximate surface area is 151 Å². The Bertz CT molecular complexity index is 796. The average molecular weight is 356 g/mol. The first-order valence-corrected chi connectivity index (χ1v) is 8.38. The third kappa shape index (κ3) is 3.58. The molecule has 1 fully saturated rings. The fourth-order valence-electron chi connectivity index (χ4n) is 3.14. The highest BCUT2D eigenvalue weighted by Crippen LogP contribution is 2.29. The Morgan fingerprint density at radius 1 is 1.19 bits per heavy atom. The van der Waals surface area contributed by atoms with E-state index in [-0.39, 0.29) is 23.2 Å². The zero-order valence-corrected chi connectivity index (χ0v) is 14.3. The highest BCUT2D eigenvalue weighted by Gasteiger charge is 2.38. The highest BCUT2D eigenvalue weighted by molar-refractivity contribution is 5.83. The molecular formula is C19H20N2O5. The summed E-state index contributed by atoms with van der Waals surface area (Å²) in [5.41, 5.74) is 1.14. The van der Waals surface area contributed by atoms with Crippen LogP contribution >= 0.6 is 0 Å². The first-order chi connectivity index (χ1) is 12.5. The summed E-state index contributed by atoms with van der Waals surface area (Å²) in [5, 5.41) is 21.5. The van der Waals surface area contributed by atoms with Gasteiger partial charge in [0.15, 0.2) is 6.10 Å². The summed E-state index contributed by atoms with van der Waals surface area (Å²) in [7, 11) is 0. The van der Waals surface area contributed by atoms with E-state index in [2.05, 4.69) is 0 Å². The summed E-state index contributed by atoms with van der Waals surface area (Å²) in [6.45, 7) is 2.64. The van der Waals surface area contributed by atoms with Gasteiger partial charge in [-0.2, -0.15) is 0 Å². The van der Waals surface area contributed by atoms with Crippen LogP contribution < -0.4 is 0 Å². The molecule has 7 heteroatoms. The number of nitro benzene ring substituents is 1. The number of aliphatic hydroxyl groups is 1. The maximum absolute atomic E-state index is 12.9. The van der Waals surface area contributed by atoms with E-state index in [0.717, 1.165) is 5.56 Å². The summed E-state index contributed by atoms with van der Waals surface area (Å²) in [6, 6.07) is 15.1. The molecule has 0 radical (unpaired) electrons. The Morgan fingerprint density at radius 2 is 1.88 bits per heavy atom. The number of aliphatic hydroxyl groups excluding tert-OH is 1. The first kappa shape index (κ1) is 18.0. The molecule has 0 spiro atoms. The van der Waals surface area contributed by atoms with Gasteiger partial charge in [-0.25, -0.2) is 0 Å². The molecule has 2 aromatic rings. The van der Waals surface area contributed by atoms with Gasteiger partial charge in [-0.05, 0) is 18.1 Å². The van der Waals surface area contributed by atoms with Crippen LogP contribution in [0.3, 0.4) is 0 Å². The van der Waals surface area contributed by atoms with E-state index in [0.29, 0.717) is 13.2 Å². The van der Waals surface area contributed by atoms with Crippen molar-refractivity contribution in [1.29, 1.82) is 0 Å². The van der Waals surface area contributed by atoms with Gasteiger partial charge in [-0.3, -0.25) is 14.9 Å². The molecule has 136 valence electrons. The molecule has 1 amide bonds. The van der Waals surface area contributed by atoms with Gasteiger partial charge in [0.1, 0.15) is 6.10 Å². The lowest BCUT2D eigenvalue weighted by Gasteiger charge is -2.38. The molecule has 3 atom stereocenters. The van der Waals surface area contributed by atoms with Gasteiger partial charge in [0.25, 0.3) is 11.6 Å². The molecule has 1 aliphatic rings. The van der Waals surface area contributed by atoms with E-state index in [4.69, 9.17) is 4.74 Å². The lowest BCUT2D eigenvalue weighted by atomic mass is 9.99. The summed E-state index contributed by atoms with van der Waals surface area (Å²) >= 11 is 0. The zero-order valence-electron chi connectivity index (χ0n) is 14.3. The average Bonchev–Trinajstić information content (AvgIpc) is 2.68. The van der Waals surface area contributed by atoms with Crippen LogP contribution in [0.25, 0.3) is 0 Å². The molecule has 1 heterocycles. The van der Waals surface area contributed by atoms with Gasteiger partial charge >= 0.3 is 0 Å². The zero-order chi connectivity index (χ0) is 18.7. The number of hydrogen-bond donors (Lipinski definition) is 1. The van der Waals surface area contributed by atoms with Crippen LogP contribution in [0.4, 0.5) is 5.69 Å². The number of benzene rings is 2. The normalized spacial score (nSPS) is 19.8. The summed E-state index contributed by atoms with van der Waals surface area (Å²) in [4.78, 5) is 24.9. The van der Waals surface area contributed by atoms with Gasteiger partial charge in [0.2, 0.25) is 0 Å². The van der Waals surface area contributed by atoms with E-state index in [1.165, 1.54) is 18.2 Å². The third-order valence-electron chi connectivity index (χ3n) is 4.61.